The first-order valence-corrected chi connectivity index (χ1v) is 15.0. The highest BCUT2D eigenvalue weighted by Crippen LogP contribution is 2.29. The summed E-state index contributed by atoms with van der Waals surface area (Å²) in [5.74, 6) is 0.851. The number of carbonyl (C=O) groups is 2. The van der Waals surface area contributed by atoms with Crippen molar-refractivity contribution in [3.8, 4) is 23.0 Å². The number of hydrogen-bond acceptors (Lipinski definition) is 8. The van der Waals surface area contributed by atoms with Crippen molar-refractivity contribution in [3.63, 3.8) is 0 Å². The van der Waals surface area contributed by atoms with Gasteiger partial charge in [-0.3, -0.25) is 19.6 Å². The minimum absolute atomic E-state index is 0.234. The Labute approximate surface area is 272 Å². The molecule has 12 heteroatoms. The molecule has 0 atom stereocenters. The highest BCUT2D eigenvalue weighted by Gasteiger charge is 2.10. The van der Waals surface area contributed by atoms with E-state index in [4.69, 9.17) is 21.1 Å². The molecule has 0 saturated heterocycles. The van der Waals surface area contributed by atoms with Crippen molar-refractivity contribution in [2.75, 3.05) is 10.6 Å². The molecule has 0 aliphatic carbocycles. The lowest BCUT2D eigenvalue weighted by atomic mass is 10.1. The van der Waals surface area contributed by atoms with Crippen LogP contribution in [0.15, 0.2) is 121 Å². The van der Waals surface area contributed by atoms with Crippen LogP contribution in [0.1, 0.15) is 26.4 Å². The van der Waals surface area contributed by atoms with E-state index >= 15 is 0 Å². The third-order valence-electron chi connectivity index (χ3n) is 5.95. The average molecular weight is 654 g/mol. The first kappa shape index (κ1) is 31.8. The molecule has 0 bridgehead atoms. The molecule has 0 aliphatic heterocycles. The van der Waals surface area contributed by atoms with Gasteiger partial charge in [-0.15, -0.1) is 11.3 Å². The Morgan fingerprint density at radius 2 is 1.52 bits per heavy atom. The molecule has 0 spiro atoms. The number of hydrogen-bond donors (Lipinski definition) is 2. The molecule has 2 amide bonds. The SMILES string of the molecule is Cc1cccc(C(=O)Nc2cc(Cl)cc(Oc3cncc(F)c3)c2)c1.O=C(Nc1cccc(Oc2cccnc2)c1)c1cscn1. The van der Waals surface area contributed by atoms with Crippen LogP contribution in [0.4, 0.5) is 15.8 Å². The van der Waals surface area contributed by atoms with E-state index in [9.17, 15) is 14.0 Å². The summed E-state index contributed by atoms with van der Waals surface area (Å²) in [5, 5.41) is 7.63. The molecule has 2 N–H and O–H groups in total. The van der Waals surface area contributed by atoms with Gasteiger partial charge in [-0.25, -0.2) is 9.37 Å². The molecule has 0 unspecified atom stereocenters. The number of nitrogens with zero attached hydrogens (tertiary/aromatic N) is 3. The molecule has 3 aromatic carbocycles. The normalized spacial score (nSPS) is 10.2. The quantitative estimate of drug-likeness (QED) is 0.169. The smallest absolute Gasteiger partial charge is 0.275 e. The maximum atomic E-state index is 13.2. The zero-order chi connectivity index (χ0) is 32.3. The lowest BCUT2D eigenvalue weighted by Gasteiger charge is -2.10. The van der Waals surface area contributed by atoms with Gasteiger partial charge in [0.25, 0.3) is 11.8 Å². The van der Waals surface area contributed by atoms with Crippen LogP contribution < -0.4 is 20.1 Å². The third-order valence-corrected chi connectivity index (χ3v) is 6.76. The molecule has 0 aliphatic rings. The standard InChI is InChI=1S/C19H14ClFN2O2.C15H11N3O2S/c1-12-3-2-4-13(5-12)19(24)23-16-6-14(20)7-17(9-16)25-18-8-15(21)10-22-11-18;19-15(14-9-21-10-17-14)18-11-3-1-4-12(7-11)20-13-5-2-6-16-8-13/h2-11H,1H3,(H,23,24);1-10H,(H,18,19). The van der Waals surface area contributed by atoms with E-state index in [1.807, 2.05) is 37.3 Å². The molecule has 6 rings (SSSR count). The fourth-order valence-corrected chi connectivity index (χ4v) is 4.73. The number of nitrogens with one attached hydrogen (secondary N) is 2. The van der Waals surface area contributed by atoms with Gasteiger partial charge < -0.3 is 20.1 Å². The predicted molar refractivity (Wildman–Crippen MR) is 176 cm³/mol. The number of pyridine rings is 2. The summed E-state index contributed by atoms with van der Waals surface area (Å²) < 4.78 is 24.4. The molecule has 3 heterocycles. The van der Waals surface area contributed by atoms with Crippen LogP contribution in [0.5, 0.6) is 23.0 Å². The average Bonchev–Trinajstić information content (AvgIpc) is 3.58. The number of carbonyl (C=O) groups excluding carboxylic acids is 2. The second-order valence-corrected chi connectivity index (χ2v) is 10.7. The van der Waals surface area contributed by atoms with Crippen LogP contribution in [-0.4, -0.2) is 26.8 Å². The Morgan fingerprint density at radius 1 is 0.761 bits per heavy atom. The summed E-state index contributed by atoms with van der Waals surface area (Å²) in [6, 6.07) is 24.0. The highest BCUT2D eigenvalue weighted by molar-refractivity contribution is 7.07. The zero-order valence-electron chi connectivity index (χ0n) is 24.2. The van der Waals surface area contributed by atoms with Crippen molar-refractivity contribution in [2.24, 2.45) is 0 Å². The van der Waals surface area contributed by atoms with Crippen LogP contribution >= 0.6 is 22.9 Å². The fraction of sp³-hybridized carbons (Fsp3) is 0.0294. The van der Waals surface area contributed by atoms with Gasteiger partial charge in [0.2, 0.25) is 0 Å². The van der Waals surface area contributed by atoms with E-state index in [-0.39, 0.29) is 17.6 Å². The van der Waals surface area contributed by atoms with Gasteiger partial charge in [0.1, 0.15) is 34.5 Å². The number of ether oxygens (including phenoxy) is 2. The van der Waals surface area contributed by atoms with E-state index in [0.717, 1.165) is 11.8 Å². The van der Waals surface area contributed by atoms with Gasteiger partial charge in [0.05, 0.1) is 24.1 Å². The number of halogens is 2. The Bertz CT molecular complexity index is 1940. The van der Waals surface area contributed by atoms with Crippen molar-refractivity contribution in [2.45, 2.75) is 6.92 Å². The first-order chi connectivity index (χ1) is 22.3. The van der Waals surface area contributed by atoms with E-state index < -0.39 is 5.82 Å². The second-order valence-electron chi connectivity index (χ2n) is 9.59. The minimum atomic E-state index is -0.507. The van der Waals surface area contributed by atoms with Gasteiger partial charge >= 0.3 is 0 Å². The van der Waals surface area contributed by atoms with Crippen molar-refractivity contribution in [1.82, 2.24) is 15.0 Å². The molecule has 6 aromatic rings. The van der Waals surface area contributed by atoms with Crippen LogP contribution in [0.25, 0.3) is 0 Å². The number of rotatable bonds is 8. The summed E-state index contributed by atoms with van der Waals surface area (Å²) in [7, 11) is 0. The third kappa shape index (κ3) is 9.42. The van der Waals surface area contributed by atoms with Gasteiger partial charge in [-0.1, -0.05) is 35.4 Å². The lowest BCUT2D eigenvalue weighted by Crippen LogP contribution is -2.12. The van der Waals surface area contributed by atoms with Crippen LogP contribution in [-0.2, 0) is 0 Å². The predicted octanol–water partition coefficient (Wildman–Crippen LogP) is 8.81. The summed E-state index contributed by atoms with van der Waals surface area (Å²) in [6.07, 6.45) is 5.77. The summed E-state index contributed by atoms with van der Waals surface area (Å²) in [6.45, 7) is 1.91. The maximum absolute atomic E-state index is 13.2. The lowest BCUT2D eigenvalue weighted by molar-refractivity contribution is 0.101. The van der Waals surface area contributed by atoms with Crippen molar-refractivity contribution >= 4 is 46.1 Å². The van der Waals surface area contributed by atoms with Crippen LogP contribution in [0.3, 0.4) is 0 Å². The van der Waals surface area contributed by atoms with E-state index in [2.05, 4.69) is 25.6 Å². The topological polar surface area (TPSA) is 115 Å². The van der Waals surface area contributed by atoms with Gasteiger partial charge in [0.15, 0.2) is 0 Å². The van der Waals surface area contributed by atoms with Gasteiger partial charge in [-0.05, 0) is 55.5 Å². The molecule has 0 radical (unpaired) electrons. The summed E-state index contributed by atoms with van der Waals surface area (Å²) >= 11 is 7.46. The summed E-state index contributed by atoms with van der Waals surface area (Å²) in [5.41, 5.74) is 4.67. The summed E-state index contributed by atoms with van der Waals surface area (Å²) in [4.78, 5) is 35.9. The fourth-order valence-electron chi connectivity index (χ4n) is 3.97. The van der Waals surface area contributed by atoms with Crippen LogP contribution in [0, 0.1) is 12.7 Å². The second kappa shape index (κ2) is 15.4. The van der Waals surface area contributed by atoms with Crippen molar-refractivity contribution < 1.29 is 23.5 Å². The molecule has 0 saturated carbocycles. The number of amides is 2. The molecule has 0 fully saturated rings. The Balaban J connectivity index is 0.000000184. The van der Waals surface area contributed by atoms with E-state index in [1.165, 1.54) is 23.6 Å². The van der Waals surface area contributed by atoms with E-state index in [1.54, 1.807) is 71.8 Å². The molecule has 230 valence electrons. The van der Waals surface area contributed by atoms with Crippen molar-refractivity contribution in [1.29, 1.82) is 0 Å². The maximum Gasteiger partial charge on any atom is 0.275 e. The molecular formula is C34H25ClFN5O4S. The molecule has 3 aromatic heterocycles. The first-order valence-electron chi connectivity index (χ1n) is 13.7. The molecular weight excluding hydrogens is 629 g/mol. The number of aryl methyl sites for hydroxylation is 1. The Kier molecular flexibility index (Phi) is 10.6. The molecule has 9 nitrogen and oxygen atoms in total. The van der Waals surface area contributed by atoms with Crippen LogP contribution in [0.2, 0.25) is 5.02 Å². The van der Waals surface area contributed by atoms with Gasteiger partial charge in [-0.2, -0.15) is 0 Å². The number of aromatic nitrogens is 3. The van der Waals surface area contributed by atoms with Crippen molar-refractivity contribution in [3.05, 3.63) is 148 Å². The minimum Gasteiger partial charge on any atom is -0.456 e. The number of thiazole rings is 1. The number of benzene rings is 3. The highest BCUT2D eigenvalue weighted by atomic mass is 35.5. The van der Waals surface area contributed by atoms with E-state index in [0.29, 0.717) is 44.9 Å². The monoisotopic (exact) mass is 653 g/mol. The zero-order valence-corrected chi connectivity index (χ0v) is 25.8. The largest absolute Gasteiger partial charge is 0.456 e. The number of anilines is 2. The Morgan fingerprint density at radius 3 is 2.28 bits per heavy atom. The molecule has 46 heavy (non-hydrogen) atoms. The Hall–Kier alpha value is -5.65. The van der Waals surface area contributed by atoms with Gasteiger partial charge in [0, 0.05) is 51.7 Å².